The molecule has 1 saturated heterocycles. The number of hydrogen-bond acceptors (Lipinski definition) is 2. The second-order valence-corrected chi connectivity index (χ2v) is 6.19. The molecule has 0 radical (unpaired) electrons. The van der Waals surface area contributed by atoms with Crippen molar-refractivity contribution in [2.45, 2.75) is 31.7 Å². The van der Waals surface area contributed by atoms with Crippen LogP contribution in [0.25, 0.3) is 0 Å². The number of hydrogen-bond donors (Lipinski definition) is 1. The Labute approximate surface area is 109 Å². The van der Waals surface area contributed by atoms with Crippen molar-refractivity contribution in [1.82, 2.24) is 5.32 Å². The molecule has 4 rings (SSSR count). The predicted octanol–water partition coefficient (Wildman–Crippen LogP) is 2.44. The fourth-order valence-electron chi connectivity index (χ4n) is 4.34. The van der Waals surface area contributed by atoms with Gasteiger partial charge in [-0.3, -0.25) is 0 Å². The summed E-state index contributed by atoms with van der Waals surface area (Å²) in [7, 11) is 0. The number of rotatable bonds is 2. The Morgan fingerprint density at radius 2 is 2.17 bits per heavy atom. The lowest BCUT2D eigenvalue weighted by Crippen LogP contribution is -2.40. The van der Waals surface area contributed by atoms with Crippen LogP contribution in [0.15, 0.2) is 24.3 Å². The number of nitrogens with zero attached hydrogens (tertiary/aromatic N) is 1. The summed E-state index contributed by atoms with van der Waals surface area (Å²) in [6.45, 7) is 3.71. The maximum absolute atomic E-state index is 3.77. The Balaban J connectivity index is 1.50. The first-order chi connectivity index (χ1) is 8.92. The summed E-state index contributed by atoms with van der Waals surface area (Å²) in [5, 5.41) is 3.77. The average Bonchev–Trinajstić information content (AvgIpc) is 3.08. The molecule has 3 atom stereocenters. The number of benzene rings is 1. The maximum Gasteiger partial charge on any atom is 0.0400 e. The third-order valence-corrected chi connectivity index (χ3v) is 5.28. The van der Waals surface area contributed by atoms with Crippen molar-refractivity contribution in [3.63, 3.8) is 0 Å². The molecule has 1 aliphatic carbocycles. The zero-order valence-electron chi connectivity index (χ0n) is 10.9. The summed E-state index contributed by atoms with van der Waals surface area (Å²) in [5.74, 6) is 1.94. The molecule has 0 amide bonds. The van der Waals surface area contributed by atoms with Gasteiger partial charge in [0.25, 0.3) is 0 Å². The van der Waals surface area contributed by atoms with Crippen molar-refractivity contribution in [1.29, 1.82) is 0 Å². The van der Waals surface area contributed by atoms with Crippen LogP contribution in [0.2, 0.25) is 0 Å². The third kappa shape index (κ3) is 1.66. The Hall–Kier alpha value is -1.02. The Bertz CT molecular complexity index is 442. The van der Waals surface area contributed by atoms with Gasteiger partial charge in [0.1, 0.15) is 0 Å². The van der Waals surface area contributed by atoms with E-state index in [2.05, 4.69) is 34.5 Å². The number of nitrogens with one attached hydrogen (secondary N) is 1. The monoisotopic (exact) mass is 242 g/mol. The lowest BCUT2D eigenvalue weighted by Gasteiger charge is -2.27. The minimum atomic E-state index is 0.739. The fraction of sp³-hybridized carbons (Fsp3) is 0.625. The predicted molar refractivity (Wildman–Crippen MR) is 75.0 cm³/mol. The van der Waals surface area contributed by atoms with E-state index in [-0.39, 0.29) is 0 Å². The van der Waals surface area contributed by atoms with Gasteiger partial charge in [-0.15, -0.1) is 0 Å². The van der Waals surface area contributed by atoms with Crippen molar-refractivity contribution >= 4 is 5.69 Å². The smallest absolute Gasteiger partial charge is 0.0400 e. The maximum atomic E-state index is 3.77. The molecule has 1 N–H and O–H groups in total. The van der Waals surface area contributed by atoms with Crippen molar-refractivity contribution in [2.75, 3.05) is 24.5 Å². The SMILES string of the molecule is c1ccc2c(c1)CCN2CC1NCC2CCCC21. The van der Waals surface area contributed by atoms with E-state index < -0.39 is 0 Å². The summed E-state index contributed by atoms with van der Waals surface area (Å²) in [4.78, 5) is 2.60. The highest BCUT2D eigenvalue weighted by Gasteiger charge is 2.39. The van der Waals surface area contributed by atoms with E-state index in [0.717, 1.165) is 17.9 Å². The quantitative estimate of drug-likeness (QED) is 0.857. The largest absolute Gasteiger partial charge is 0.369 e. The molecule has 2 nitrogen and oxygen atoms in total. The first-order valence-electron chi connectivity index (χ1n) is 7.48. The van der Waals surface area contributed by atoms with Crippen molar-refractivity contribution in [2.24, 2.45) is 11.8 Å². The molecule has 3 aliphatic rings. The lowest BCUT2D eigenvalue weighted by atomic mass is 9.94. The van der Waals surface area contributed by atoms with Crippen LogP contribution in [0.4, 0.5) is 5.69 Å². The van der Waals surface area contributed by atoms with Gasteiger partial charge in [-0.1, -0.05) is 24.6 Å². The molecule has 3 unspecified atom stereocenters. The summed E-state index contributed by atoms with van der Waals surface area (Å²) < 4.78 is 0. The van der Waals surface area contributed by atoms with Gasteiger partial charge in [-0.05, 0) is 49.3 Å². The van der Waals surface area contributed by atoms with E-state index >= 15 is 0 Å². The third-order valence-electron chi connectivity index (χ3n) is 5.28. The number of para-hydroxylation sites is 1. The van der Waals surface area contributed by atoms with Gasteiger partial charge in [-0.2, -0.15) is 0 Å². The molecule has 2 heterocycles. The highest BCUT2D eigenvalue weighted by molar-refractivity contribution is 5.57. The molecule has 2 fully saturated rings. The van der Waals surface area contributed by atoms with Crippen LogP contribution < -0.4 is 10.2 Å². The molecular weight excluding hydrogens is 220 g/mol. The first kappa shape index (κ1) is 10.9. The second-order valence-electron chi connectivity index (χ2n) is 6.19. The zero-order valence-corrected chi connectivity index (χ0v) is 10.9. The van der Waals surface area contributed by atoms with Crippen LogP contribution >= 0.6 is 0 Å². The van der Waals surface area contributed by atoms with Gasteiger partial charge in [0.15, 0.2) is 0 Å². The fourth-order valence-corrected chi connectivity index (χ4v) is 4.34. The van der Waals surface area contributed by atoms with Crippen LogP contribution in [0, 0.1) is 11.8 Å². The molecule has 18 heavy (non-hydrogen) atoms. The molecule has 1 aromatic rings. The van der Waals surface area contributed by atoms with Gasteiger partial charge < -0.3 is 10.2 Å². The normalized spacial score (nSPS) is 33.8. The van der Waals surface area contributed by atoms with E-state index in [1.807, 2.05) is 0 Å². The number of fused-ring (bicyclic) bond motifs is 2. The lowest BCUT2D eigenvalue weighted by molar-refractivity contribution is 0.410. The summed E-state index contributed by atoms with van der Waals surface area (Å²) in [6.07, 6.45) is 5.61. The Kier molecular flexibility index (Phi) is 2.58. The van der Waals surface area contributed by atoms with Crippen LogP contribution in [0.3, 0.4) is 0 Å². The molecule has 0 bridgehead atoms. The summed E-state index contributed by atoms with van der Waals surface area (Å²) in [6, 6.07) is 9.67. The first-order valence-corrected chi connectivity index (χ1v) is 7.48. The Morgan fingerprint density at radius 3 is 3.17 bits per heavy atom. The molecule has 1 saturated carbocycles. The van der Waals surface area contributed by atoms with E-state index in [1.165, 1.54) is 51.0 Å². The van der Waals surface area contributed by atoms with Crippen LogP contribution in [0.1, 0.15) is 24.8 Å². The molecule has 0 aromatic heterocycles. The van der Waals surface area contributed by atoms with E-state index in [0.29, 0.717) is 0 Å². The second kappa shape index (κ2) is 4.27. The van der Waals surface area contributed by atoms with E-state index in [1.54, 1.807) is 5.56 Å². The molecule has 0 spiro atoms. The minimum Gasteiger partial charge on any atom is -0.369 e. The minimum absolute atomic E-state index is 0.739. The topological polar surface area (TPSA) is 15.3 Å². The average molecular weight is 242 g/mol. The molecule has 96 valence electrons. The van der Waals surface area contributed by atoms with Crippen molar-refractivity contribution in [3.05, 3.63) is 29.8 Å². The van der Waals surface area contributed by atoms with E-state index in [4.69, 9.17) is 0 Å². The summed E-state index contributed by atoms with van der Waals surface area (Å²) >= 11 is 0. The van der Waals surface area contributed by atoms with Crippen LogP contribution in [0.5, 0.6) is 0 Å². The number of anilines is 1. The van der Waals surface area contributed by atoms with Crippen LogP contribution in [-0.2, 0) is 6.42 Å². The highest BCUT2D eigenvalue weighted by Crippen LogP contribution is 2.39. The van der Waals surface area contributed by atoms with Gasteiger partial charge >= 0.3 is 0 Å². The summed E-state index contributed by atoms with van der Waals surface area (Å²) in [5.41, 5.74) is 3.03. The van der Waals surface area contributed by atoms with Crippen molar-refractivity contribution < 1.29 is 0 Å². The van der Waals surface area contributed by atoms with Gasteiger partial charge in [0.05, 0.1) is 0 Å². The Morgan fingerprint density at radius 1 is 1.22 bits per heavy atom. The highest BCUT2D eigenvalue weighted by atomic mass is 15.2. The zero-order chi connectivity index (χ0) is 11.9. The molecule has 2 heteroatoms. The van der Waals surface area contributed by atoms with Gasteiger partial charge in [0.2, 0.25) is 0 Å². The van der Waals surface area contributed by atoms with Crippen molar-refractivity contribution in [3.8, 4) is 0 Å². The van der Waals surface area contributed by atoms with E-state index in [9.17, 15) is 0 Å². The molecule has 2 aliphatic heterocycles. The van der Waals surface area contributed by atoms with Crippen LogP contribution in [-0.4, -0.2) is 25.7 Å². The van der Waals surface area contributed by atoms with Gasteiger partial charge in [0, 0.05) is 24.8 Å². The standard InChI is InChI=1S/C16H22N2/c1-2-7-16-12(4-1)8-9-18(16)11-15-14-6-3-5-13(14)10-17-15/h1-2,4,7,13-15,17H,3,5-6,8-11H2. The molecular formula is C16H22N2. The molecule has 1 aromatic carbocycles. The van der Waals surface area contributed by atoms with Gasteiger partial charge in [-0.25, -0.2) is 0 Å².